The van der Waals surface area contributed by atoms with Gasteiger partial charge in [0.05, 0.1) is 24.6 Å². The number of hydrogen-bond acceptors (Lipinski definition) is 5. The smallest absolute Gasteiger partial charge is 0.269 e. The van der Waals surface area contributed by atoms with E-state index < -0.39 is 0 Å². The molecule has 1 aliphatic heterocycles. The quantitative estimate of drug-likeness (QED) is 0.802. The third-order valence-corrected chi connectivity index (χ3v) is 4.43. The fraction of sp³-hybridized carbons (Fsp3) is 0.381. The number of carbonyl (C=O) groups is 2. The molecule has 0 spiro atoms. The summed E-state index contributed by atoms with van der Waals surface area (Å²) >= 11 is 0. The van der Waals surface area contributed by atoms with Gasteiger partial charge in [0.25, 0.3) is 11.8 Å². The normalized spacial score (nSPS) is 14.0. The van der Waals surface area contributed by atoms with Gasteiger partial charge in [0.2, 0.25) is 0 Å². The number of anilines is 2. The summed E-state index contributed by atoms with van der Waals surface area (Å²) in [5, 5.41) is 5.77. The zero-order valence-corrected chi connectivity index (χ0v) is 16.3. The third-order valence-electron chi connectivity index (χ3n) is 4.43. The minimum atomic E-state index is -0.280. The van der Waals surface area contributed by atoms with Crippen LogP contribution in [0.15, 0.2) is 42.6 Å². The zero-order valence-electron chi connectivity index (χ0n) is 16.3. The van der Waals surface area contributed by atoms with Gasteiger partial charge in [-0.2, -0.15) is 0 Å². The van der Waals surface area contributed by atoms with Crippen molar-refractivity contribution in [3.8, 4) is 0 Å². The number of nitrogens with zero attached hydrogens (tertiary/aromatic N) is 2. The summed E-state index contributed by atoms with van der Waals surface area (Å²) in [5.74, 6) is -0.217. The van der Waals surface area contributed by atoms with Crippen LogP contribution in [0, 0.1) is 5.92 Å². The molecule has 3 rings (SSSR count). The van der Waals surface area contributed by atoms with Gasteiger partial charge in [-0.3, -0.25) is 14.6 Å². The highest BCUT2D eigenvalue weighted by Gasteiger charge is 2.17. The van der Waals surface area contributed by atoms with Crippen LogP contribution in [0.4, 0.5) is 11.4 Å². The number of pyridine rings is 1. The summed E-state index contributed by atoms with van der Waals surface area (Å²) in [6, 6.07) is 10.8. The molecule has 148 valence electrons. The van der Waals surface area contributed by atoms with E-state index in [2.05, 4.69) is 20.5 Å². The minimum Gasteiger partial charge on any atom is -0.378 e. The first-order valence-corrected chi connectivity index (χ1v) is 9.52. The van der Waals surface area contributed by atoms with E-state index in [4.69, 9.17) is 4.74 Å². The van der Waals surface area contributed by atoms with Gasteiger partial charge in [-0.05, 0) is 30.2 Å². The van der Waals surface area contributed by atoms with Gasteiger partial charge in [-0.25, -0.2) is 0 Å². The largest absolute Gasteiger partial charge is 0.378 e. The number of nitrogens with one attached hydrogen (secondary N) is 2. The summed E-state index contributed by atoms with van der Waals surface area (Å²) in [6.45, 7) is 7.49. The van der Waals surface area contributed by atoms with Crippen LogP contribution in [0.2, 0.25) is 0 Å². The molecular weight excluding hydrogens is 356 g/mol. The highest BCUT2D eigenvalue weighted by molar-refractivity contribution is 6.07. The molecule has 1 aromatic carbocycles. The lowest BCUT2D eigenvalue weighted by Gasteiger charge is -2.30. The van der Waals surface area contributed by atoms with Gasteiger partial charge in [-0.15, -0.1) is 0 Å². The second kappa shape index (κ2) is 9.32. The van der Waals surface area contributed by atoms with Crippen molar-refractivity contribution >= 4 is 23.2 Å². The Morgan fingerprint density at radius 2 is 1.89 bits per heavy atom. The fourth-order valence-corrected chi connectivity index (χ4v) is 2.94. The Hall–Kier alpha value is -2.93. The fourth-order valence-electron chi connectivity index (χ4n) is 2.94. The molecule has 0 atom stereocenters. The Labute approximate surface area is 165 Å². The van der Waals surface area contributed by atoms with Crippen molar-refractivity contribution in [3.63, 3.8) is 0 Å². The van der Waals surface area contributed by atoms with Gasteiger partial charge in [0.15, 0.2) is 0 Å². The highest BCUT2D eigenvalue weighted by Crippen LogP contribution is 2.26. The number of benzene rings is 1. The van der Waals surface area contributed by atoms with Crippen LogP contribution in [-0.4, -0.2) is 49.6 Å². The molecule has 2 amide bonds. The number of carbonyl (C=O) groups excluding carboxylic acids is 2. The molecule has 0 radical (unpaired) electrons. The van der Waals surface area contributed by atoms with Gasteiger partial charge >= 0.3 is 0 Å². The maximum atomic E-state index is 12.8. The monoisotopic (exact) mass is 382 g/mol. The van der Waals surface area contributed by atoms with Crippen molar-refractivity contribution < 1.29 is 14.3 Å². The van der Waals surface area contributed by atoms with E-state index in [0.29, 0.717) is 31.2 Å². The lowest BCUT2D eigenvalue weighted by Crippen LogP contribution is -2.36. The molecule has 2 heterocycles. The summed E-state index contributed by atoms with van der Waals surface area (Å²) < 4.78 is 5.41. The van der Waals surface area contributed by atoms with Crippen LogP contribution in [0.3, 0.4) is 0 Å². The average Bonchev–Trinajstić information content (AvgIpc) is 2.73. The van der Waals surface area contributed by atoms with Crippen LogP contribution in [0.5, 0.6) is 0 Å². The van der Waals surface area contributed by atoms with Gasteiger partial charge in [0, 0.05) is 31.4 Å². The second-order valence-corrected chi connectivity index (χ2v) is 7.10. The predicted molar refractivity (Wildman–Crippen MR) is 109 cm³/mol. The van der Waals surface area contributed by atoms with E-state index in [1.54, 1.807) is 6.07 Å². The van der Waals surface area contributed by atoms with Crippen molar-refractivity contribution in [1.82, 2.24) is 10.3 Å². The molecule has 7 nitrogen and oxygen atoms in total. The topological polar surface area (TPSA) is 83.6 Å². The summed E-state index contributed by atoms with van der Waals surface area (Å²) in [4.78, 5) is 31.3. The molecule has 1 saturated heterocycles. The Morgan fingerprint density at radius 3 is 2.64 bits per heavy atom. The molecule has 0 saturated carbocycles. The molecule has 1 fully saturated rings. The van der Waals surface area contributed by atoms with Crippen LogP contribution in [0.1, 0.15) is 34.7 Å². The number of rotatable bonds is 6. The third kappa shape index (κ3) is 5.07. The van der Waals surface area contributed by atoms with Crippen molar-refractivity contribution in [2.45, 2.75) is 13.8 Å². The SMILES string of the molecule is CC(C)CNC(=O)c1cc(C(=O)Nc2ccccc2N2CCOCC2)ccn1. The van der Waals surface area contributed by atoms with Crippen LogP contribution in [-0.2, 0) is 4.74 Å². The molecule has 1 aliphatic rings. The molecule has 2 aromatic rings. The number of ether oxygens (including phenoxy) is 1. The lowest BCUT2D eigenvalue weighted by atomic mass is 10.1. The Morgan fingerprint density at radius 1 is 1.14 bits per heavy atom. The minimum absolute atomic E-state index is 0.231. The number of hydrogen-bond donors (Lipinski definition) is 2. The Balaban J connectivity index is 1.73. The van der Waals surface area contributed by atoms with Crippen molar-refractivity contribution in [1.29, 1.82) is 0 Å². The van der Waals surface area contributed by atoms with Crippen LogP contribution in [0.25, 0.3) is 0 Å². The molecule has 0 unspecified atom stereocenters. The maximum Gasteiger partial charge on any atom is 0.269 e. The molecule has 7 heteroatoms. The predicted octanol–water partition coefficient (Wildman–Crippen LogP) is 2.56. The summed E-state index contributed by atoms with van der Waals surface area (Å²) in [5.41, 5.74) is 2.32. The van der Waals surface area contributed by atoms with E-state index in [-0.39, 0.29) is 17.5 Å². The zero-order chi connectivity index (χ0) is 19.9. The van der Waals surface area contributed by atoms with E-state index in [9.17, 15) is 9.59 Å². The van der Waals surface area contributed by atoms with Crippen LogP contribution < -0.4 is 15.5 Å². The Kier molecular flexibility index (Phi) is 6.60. The highest BCUT2D eigenvalue weighted by atomic mass is 16.5. The molecule has 2 N–H and O–H groups in total. The van der Waals surface area contributed by atoms with E-state index in [1.807, 2.05) is 38.1 Å². The number of amides is 2. The Bertz CT molecular complexity index is 832. The molecular formula is C21H26N4O3. The van der Waals surface area contributed by atoms with Gasteiger partial charge < -0.3 is 20.3 Å². The molecule has 0 bridgehead atoms. The maximum absolute atomic E-state index is 12.8. The summed E-state index contributed by atoms with van der Waals surface area (Å²) in [6.07, 6.45) is 1.48. The van der Waals surface area contributed by atoms with Crippen molar-refractivity contribution in [2.24, 2.45) is 5.92 Å². The standard InChI is InChI=1S/C21H26N4O3/c1-15(2)14-23-21(27)18-13-16(7-8-22-18)20(26)24-17-5-3-4-6-19(17)25-9-11-28-12-10-25/h3-8,13,15H,9-12,14H2,1-2H3,(H,23,27)(H,24,26). The number of para-hydroxylation sites is 2. The molecule has 0 aliphatic carbocycles. The van der Waals surface area contributed by atoms with Gasteiger partial charge in [-0.1, -0.05) is 26.0 Å². The van der Waals surface area contributed by atoms with Crippen molar-refractivity contribution in [3.05, 3.63) is 53.9 Å². The first-order chi connectivity index (χ1) is 13.5. The first kappa shape index (κ1) is 19.8. The number of aromatic nitrogens is 1. The summed E-state index contributed by atoms with van der Waals surface area (Å²) in [7, 11) is 0. The van der Waals surface area contributed by atoms with Crippen LogP contribution >= 0.6 is 0 Å². The van der Waals surface area contributed by atoms with E-state index in [0.717, 1.165) is 24.5 Å². The van der Waals surface area contributed by atoms with E-state index >= 15 is 0 Å². The molecule has 1 aromatic heterocycles. The van der Waals surface area contributed by atoms with Gasteiger partial charge in [0.1, 0.15) is 5.69 Å². The van der Waals surface area contributed by atoms with Crippen molar-refractivity contribution in [2.75, 3.05) is 43.1 Å². The number of morpholine rings is 1. The first-order valence-electron chi connectivity index (χ1n) is 9.52. The lowest BCUT2D eigenvalue weighted by molar-refractivity contribution is 0.0944. The molecule has 28 heavy (non-hydrogen) atoms. The second-order valence-electron chi connectivity index (χ2n) is 7.10. The van der Waals surface area contributed by atoms with E-state index in [1.165, 1.54) is 12.3 Å². The average molecular weight is 382 g/mol.